The molecule has 0 bridgehead atoms. The summed E-state index contributed by atoms with van der Waals surface area (Å²) in [5, 5.41) is 0.742. The van der Waals surface area contributed by atoms with Crippen LogP contribution in [0.2, 0.25) is 5.02 Å². The highest BCUT2D eigenvalue weighted by Gasteiger charge is 2.03. The predicted octanol–water partition coefficient (Wildman–Crippen LogP) is 5.00. The van der Waals surface area contributed by atoms with Crippen molar-refractivity contribution in [2.45, 2.75) is 13.8 Å². The topological polar surface area (TPSA) is 28.7 Å². The number of hydrogen-bond acceptors (Lipinski definition) is 1. The van der Waals surface area contributed by atoms with Crippen molar-refractivity contribution in [2.24, 2.45) is 0 Å². The first-order valence-corrected chi connectivity index (χ1v) is 6.91. The van der Waals surface area contributed by atoms with Gasteiger partial charge in [-0.15, -0.1) is 0 Å². The Bertz CT molecular complexity index is 761. The molecule has 3 heteroatoms. The molecule has 3 rings (SSSR count). The van der Waals surface area contributed by atoms with Crippen LogP contribution in [0.25, 0.3) is 23.2 Å². The molecule has 0 atom stereocenters. The molecule has 0 aliphatic heterocycles. The summed E-state index contributed by atoms with van der Waals surface area (Å²) in [6.45, 7) is 4.21. The molecule has 0 amide bonds. The lowest BCUT2D eigenvalue weighted by molar-refractivity contribution is 1.29. The van der Waals surface area contributed by atoms with Gasteiger partial charge >= 0.3 is 0 Å². The average molecular weight is 283 g/mol. The number of halogens is 1. The van der Waals surface area contributed by atoms with E-state index in [1.54, 1.807) is 0 Å². The van der Waals surface area contributed by atoms with Crippen LogP contribution < -0.4 is 0 Å². The standard InChI is InChI=1S/C17H15ClN2/c1-11-9-15-16(10-12(11)2)20-17(19-15)8-7-13-5-3-4-6-14(13)18/h3-10H,1-2H3,(H,19,20). The number of hydrogen-bond donors (Lipinski definition) is 1. The Morgan fingerprint density at radius 1 is 1.05 bits per heavy atom. The van der Waals surface area contributed by atoms with Crippen LogP contribution in [0, 0.1) is 13.8 Å². The van der Waals surface area contributed by atoms with Gasteiger partial charge in [0.2, 0.25) is 0 Å². The van der Waals surface area contributed by atoms with E-state index in [0.29, 0.717) is 0 Å². The minimum absolute atomic E-state index is 0.742. The van der Waals surface area contributed by atoms with Gasteiger partial charge in [0.15, 0.2) is 0 Å². The zero-order valence-electron chi connectivity index (χ0n) is 11.4. The number of fused-ring (bicyclic) bond motifs is 1. The number of imidazole rings is 1. The first kappa shape index (κ1) is 12.9. The van der Waals surface area contributed by atoms with Crippen molar-refractivity contribution in [3.05, 3.63) is 63.9 Å². The molecule has 1 heterocycles. The van der Waals surface area contributed by atoms with E-state index in [-0.39, 0.29) is 0 Å². The number of aromatic nitrogens is 2. The number of H-pyrrole nitrogens is 1. The van der Waals surface area contributed by atoms with E-state index < -0.39 is 0 Å². The van der Waals surface area contributed by atoms with Gasteiger partial charge in [-0.2, -0.15) is 0 Å². The van der Waals surface area contributed by atoms with Gasteiger partial charge in [-0.25, -0.2) is 4.98 Å². The zero-order chi connectivity index (χ0) is 14.1. The molecule has 0 fully saturated rings. The fraction of sp³-hybridized carbons (Fsp3) is 0.118. The number of nitrogens with zero attached hydrogens (tertiary/aromatic N) is 1. The molecular formula is C17H15ClN2. The van der Waals surface area contributed by atoms with E-state index in [9.17, 15) is 0 Å². The molecule has 0 radical (unpaired) electrons. The maximum absolute atomic E-state index is 6.13. The average Bonchev–Trinajstić information content (AvgIpc) is 2.80. The molecule has 0 spiro atoms. The van der Waals surface area contributed by atoms with E-state index in [1.165, 1.54) is 11.1 Å². The van der Waals surface area contributed by atoms with Gasteiger partial charge in [0.1, 0.15) is 5.82 Å². The van der Waals surface area contributed by atoms with Gasteiger partial charge in [-0.05, 0) is 60.9 Å². The Balaban J connectivity index is 1.97. The molecule has 1 N–H and O–H groups in total. The lowest BCUT2D eigenvalue weighted by Gasteiger charge is -1.97. The zero-order valence-corrected chi connectivity index (χ0v) is 12.2. The summed E-state index contributed by atoms with van der Waals surface area (Å²) in [6, 6.07) is 12.0. The van der Waals surface area contributed by atoms with E-state index in [2.05, 4.69) is 35.9 Å². The Morgan fingerprint density at radius 3 is 2.60 bits per heavy atom. The highest BCUT2D eigenvalue weighted by Crippen LogP contribution is 2.20. The molecule has 0 saturated heterocycles. The van der Waals surface area contributed by atoms with Crippen LogP contribution >= 0.6 is 11.6 Å². The summed E-state index contributed by atoms with van der Waals surface area (Å²) in [5.41, 5.74) is 5.56. The van der Waals surface area contributed by atoms with Gasteiger partial charge in [-0.1, -0.05) is 29.8 Å². The van der Waals surface area contributed by atoms with E-state index in [0.717, 1.165) is 27.4 Å². The van der Waals surface area contributed by atoms with Crippen LogP contribution in [0.5, 0.6) is 0 Å². The normalized spacial score (nSPS) is 11.6. The monoisotopic (exact) mass is 282 g/mol. The van der Waals surface area contributed by atoms with Crippen LogP contribution in [0.15, 0.2) is 36.4 Å². The molecule has 1 aromatic heterocycles. The predicted molar refractivity (Wildman–Crippen MR) is 85.9 cm³/mol. The van der Waals surface area contributed by atoms with Crippen LogP contribution in [-0.2, 0) is 0 Å². The van der Waals surface area contributed by atoms with Gasteiger partial charge in [0.05, 0.1) is 11.0 Å². The van der Waals surface area contributed by atoms with Crippen molar-refractivity contribution < 1.29 is 0 Å². The van der Waals surface area contributed by atoms with E-state index >= 15 is 0 Å². The number of nitrogens with one attached hydrogen (secondary N) is 1. The number of aromatic amines is 1. The summed E-state index contributed by atoms with van der Waals surface area (Å²) in [4.78, 5) is 7.89. The number of benzene rings is 2. The smallest absolute Gasteiger partial charge is 0.131 e. The summed E-state index contributed by atoms with van der Waals surface area (Å²) >= 11 is 6.13. The van der Waals surface area contributed by atoms with Crippen LogP contribution in [0.4, 0.5) is 0 Å². The minimum atomic E-state index is 0.742. The molecule has 3 aromatic rings. The fourth-order valence-electron chi connectivity index (χ4n) is 2.15. The van der Waals surface area contributed by atoms with Crippen molar-refractivity contribution >= 4 is 34.8 Å². The second kappa shape index (κ2) is 5.14. The van der Waals surface area contributed by atoms with Crippen molar-refractivity contribution in [3.63, 3.8) is 0 Å². The Hall–Kier alpha value is -2.06. The minimum Gasteiger partial charge on any atom is -0.338 e. The molecule has 20 heavy (non-hydrogen) atoms. The van der Waals surface area contributed by atoms with Crippen LogP contribution in [-0.4, -0.2) is 9.97 Å². The Morgan fingerprint density at radius 2 is 1.80 bits per heavy atom. The van der Waals surface area contributed by atoms with E-state index in [4.69, 9.17) is 11.6 Å². The Kier molecular flexibility index (Phi) is 3.33. The highest BCUT2D eigenvalue weighted by atomic mass is 35.5. The van der Waals surface area contributed by atoms with Gasteiger partial charge in [0, 0.05) is 5.02 Å². The van der Waals surface area contributed by atoms with Crippen molar-refractivity contribution in [2.75, 3.05) is 0 Å². The van der Waals surface area contributed by atoms with E-state index in [1.807, 2.05) is 36.4 Å². The molecule has 2 nitrogen and oxygen atoms in total. The quantitative estimate of drug-likeness (QED) is 0.704. The summed E-state index contributed by atoms with van der Waals surface area (Å²) in [7, 11) is 0. The van der Waals surface area contributed by atoms with Crippen LogP contribution in [0.3, 0.4) is 0 Å². The first-order chi connectivity index (χ1) is 9.63. The summed E-state index contributed by atoms with van der Waals surface area (Å²) < 4.78 is 0. The molecule has 0 aliphatic carbocycles. The van der Waals surface area contributed by atoms with Gasteiger partial charge in [-0.3, -0.25) is 0 Å². The first-order valence-electron chi connectivity index (χ1n) is 6.53. The largest absolute Gasteiger partial charge is 0.338 e. The van der Waals surface area contributed by atoms with Crippen molar-refractivity contribution in [1.29, 1.82) is 0 Å². The van der Waals surface area contributed by atoms with Crippen molar-refractivity contribution in [3.8, 4) is 0 Å². The SMILES string of the molecule is Cc1cc2nc(C=Cc3ccccc3Cl)[nH]c2cc1C. The lowest BCUT2D eigenvalue weighted by Crippen LogP contribution is -1.79. The maximum Gasteiger partial charge on any atom is 0.131 e. The number of rotatable bonds is 2. The molecular weight excluding hydrogens is 268 g/mol. The molecule has 0 saturated carbocycles. The van der Waals surface area contributed by atoms with Crippen LogP contribution in [0.1, 0.15) is 22.5 Å². The van der Waals surface area contributed by atoms with Crippen molar-refractivity contribution in [1.82, 2.24) is 9.97 Å². The summed E-state index contributed by atoms with van der Waals surface area (Å²) in [6.07, 6.45) is 3.92. The van der Waals surface area contributed by atoms with Gasteiger partial charge < -0.3 is 4.98 Å². The molecule has 2 aromatic carbocycles. The third kappa shape index (κ3) is 2.47. The lowest BCUT2D eigenvalue weighted by atomic mass is 10.1. The second-order valence-corrected chi connectivity index (χ2v) is 5.34. The third-order valence-corrected chi connectivity index (χ3v) is 3.79. The molecule has 0 aliphatic rings. The molecule has 100 valence electrons. The Labute approximate surface area is 123 Å². The maximum atomic E-state index is 6.13. The van der Waals surface area contributed by atoms with Gasteiger partial charge in [0.25, 0.3) is 0 Å². The highest BCUT2D eigenvalue weighted by molar-refractivity contribution is 6.32. The summed E-state index contributed by atoms with van der Waals surface area (Å²) in [5.74, 6) is 0.838. The number of aryl methyl sites for hydroxylation is 2. The fourth-order valence-corrected chi connectivity index (χ4v) is 2.35. The second-order valence-electron chi connectivity index (χ2n) is 4.93. The molecule has 0 unspecified atom stereocenters. The third-order valence-electron chi connectivity index (χ3n) is 3.44.